The molecule has 28 heavy (non-hydrogen) atoms. The quantitative estimate of drug-likeness (QED) is 0.666. The van der Waals surface area contributed by atoms with Crippen LogP contribution in [0, 0.1) is 0 Å². The summed E-state index contributed by atoms with van der Waals surface area (Å²) in [6.07, 6.45) is 0.714. The van der Waals surface area contributed by atoms with Gasteiger partial charge in [0.1, 0.15) is 5.75 Å². The van der Waals surface area contributed by atoms with Gasteiger partial charge in [-0.25, -0.2) is 4.79 Å². The van der Waals surface area contributed by atoms with Gasteiger partial charge in [0.25, 0.3) is 5.91 Å². The Morgan fingerprint density at radius 1 is 0.893 bits per heavy atom. The zero-order valence-electron chi connectivity index (χ0n) is 15.9. The minimum atomic E-state index is -0.437. The van der Waals surface area contributed by atoms with E-state index in [1.807, 2.05) is 24.3 Å². The third kappa shape index (κ3) is 6.75. The highest BCUT2D eigenvalue weighted by Gasteiger charge is 2.09. The standard InChI is InChI=1S/C21H23NO6/c1-26-18-10-5-15(6-11-18)7-12-20(24)28-14-19(23)22-13-16-3-8-17(9-4-16)21(25)27-2/h3-6,8-11H,7,12-14H2,1-2H3,(H,22,23). The van der Waals surface area contributed by atoms with Crippen LogP contribution in [0.5, 0.6) is 5.75 Å². The Hall–Kier alpha value is -3.35. The van der Waals surface area contributed by atoms with E-state index in [0.29, 0.717) is 12.0 Å². The molecule has 0 aromatic heterocycles. The molecule has 0 unspecified atom stereocenters. The van der Waals surface area contributed by atoms with E-state index in [0.717, 1.165) is 16.9 Å². The fourth-order valence-corrected chi connectivity index (χ4v) is 2.39. The summed E-state index contributed by atoms with van der Waals surface area (Å²) in [4.78, 5) is 35.0. The van der Waals surface area contributed by atoms with Crippen LogP contribution >= 0.6 is 0 Å². The second kappa shape index (κ2) is 10.7. The van der Waals surface area contributed by atoms with E-state index in [-0.39, 0.29) is 19.6 Å². The largest absolute Gasteiger partial charge is 0.497 e. The topological polar surface area (TPSA) is 90.9 Å². The Morgan fingerprint density at radius 2 is 1.54 bits per heavy atom. The SMILES string of the molecule is COC(=O)c1ccc(CNC(=O)COC(=O)CCc2ccc(OC)cc2)cc1. The van der Waals surface area contributed by atoms with Gasteiger partial charge in [0.15, 0.2) is 6.61 Å². The highest BCUT2D eigenvalue weighted by molar-refractivity contribution is 5.89. The summed E-state index contributed by atoms with van der Waals surface area (Å²) >= 11 is 0. The first-order chi connectivity index (χ1) is 13.5. The fraction of sp³-hybridized carbons (Fsp3) is 0.286. The lowest BCUT2D eigenvalue weighted by Crippen LogP contribution is -2.28. The van der Waals surface area contributed by atoms with E-state index in [1.165, 1.54) is 7.11 Å². The van der Waals surface area contributed by atoms with Crippen LogP contribution in [0.2, 0.25) is 0 Å². The molecule has 7 heteroatoms. The number of amides is 1. The monoisotopic (exact) mass is 385 g/mol. The Labute approximate surface area is 163 Å². The van der Waals surface area contributed by atoms with Crippen molar-refractivity contribution < 1.29 is 28.6 Å². The molecule has 1 amide bonds. The maximum atomic E-state index is 11.8. The Bertz CT molecular complexity index is 799. The van der Waals surface area contributed by atoms with Gasteiger partial charge in [0.2, 0.25) is 0 Å². The van der Waals surface area contributed by atoms with Gasteiger partial charge < -0.3 is 19.5 Å². The van der Waals surface area contributed by atoms with Gasteiger partial charge in [-0.1, -0.05) is 24.3 Å². The van der Waals surface area contributed by atoms with Gasteiger partial charge in [0.05, 0.1) is 19.8 Å². The van der Waals surface area contributed by atoms with Crippen LogP contribution in [0.1, 0.15) is 27.9 Å². The summed E-state index contributed by atoms with van der Waals surface area (Å²) in [6.45, 7) is -0.0641. The predicted molar refractivity (Wildman–Crippen MR) is 102 cm³/mol. The Balaban J connectivity index is 1.67. The van der Waals surface area contributed by atoms with Crippen LogP contribution in [0.15, 0.2) is 48.5 Å². The van der Waals surface area contributed by atoms with Crippen molar-refractivity contribution in [1.29, 1.82) is 0 Å². The third-order valence-electron chi connectivity index (χ3n) is 4.01. The molecule has 2 rings (SSSR count). The molecule has 0 atom stereocenters. The van der Waals surface area contributed by atoms with Gasteiger partial charge in [0, 0.05) is 13.0 Å². The molecule has 1 N–H and O–H groups in total. The minimum absolute atomic E-state index is 0.189. The molecule has 0 spiro atoms. The number of aryl methyl sites for hydroxylation is 1. The predicted octanol–water partition coefficient (Wildman–Crippen LogP) is 2.27. The lowest BCUT2D eigenvalue weighted by molar-refractivity contribution is -0.148. The van der Waals surface area contributed by atoms with E-state index in [9.17, 15) is 14.4 Å². The number of rotatable bonds is 9. The molecule has 0 aliphatic heterocycles. The number of hydrogen-bond acceptors (Lipinski definition) is 6. The van der Waals surface area contributed by atoms with Gasteiger partial charge in [-0.2, -0.15) is 0 Å². The zero-order chi connectivity index (χ0) is 20.4. The first-order valence-corrected chi connectivity index (χ1v) is 8.74. The van der Waals surface area contributed by atoms with Gasteiger partial charge in [-0.15, -0.1) is 0 Å². The van der Waals surface area contributed by atoms with Gasteiger partial charge in [-0.05, 0) is 41.8 Å². The molecule has 7 nitrogen and oxygen atoms in total. The average Bonchev–Trinajstić information content (AvgIpc) is 2.74. The molecular weight excluding hydrogens is 362 g/mol. The number of carbonyl (C=O) groups excluding carboxylic acids is 3. The van der Waals surface area contributed by atoms with E-state index in [4.69, 9.17) is 9.47 Å². The van der Waals surface area contributed by atoms with Crippen LogP contribution < -0.4 is 10.1 Å². The summed E-state index contributed by atoms with van der Waals surface area (Å²) in [5, 5.41) is 2.66. The number of ether oxygens (including phenoxy) is 3. The zero-order valence-corrected chi connectivity index (χ0v) is 15.9. The van der Waals surface area contributed by atoms with Crippen molar-refractivity contribution in [2.45, 2.75) is 19.4 Å². The molecule has 0 saturated heterocycles. The lowest BCUT2D eigenvalue weighted by Gasteiger charge is -2.08. The summed E-state index contributed by atoms with van der Waals surface area (Å²) in [5.74, 6) is -0.497. The molecule has 0 heterocycles. The van der Waals surface area contributed by atoms with Crippen molar-refractivity contribution in [3.05, 3.63) is 65.2 Å². The lowest BCUT2D eigenvalue weighted by atomic mass is 10.1. The fourth-order valence-electron chi connectivity index (χ4n) is 2.39. The summed E-state index contributed by atoms with van der Waals surface area (Å²) in [6, 6.07) is 14.1. The first kappa shape index (κ1) is 21.0. The maximum absolute atomic E-state index is 11.8. The number of nitrogens with one attached hydrogen (secondary N) is 1. The number of esters is 2. The van der Waals surface area contributed by atoms with Crippen molar-refractivity contribution in [3.8, 4) is 5.75 Å². The van der Waals surface area contributed by atoms with Crippen molar-refractivity contribution in [2.75, 3.05) is 20.8 Å². The van der Waals surface area contributed by atoms with Crippen LogP contribution in [-0.4, -0.2) is 38.7 Å². The minimum Gasteiger partial charge on any atom is -0.497 e. The second-order valence-corrected chi connectivity index (χ2v) is 5.97. The smallest absolute Gasteiger partial charge is 0.337 e. The normalized spacial score (nSPS) is 10.1. The molecule has 0 fully saturated rings. The van der Waals surface area contributed by atoms with Gasteiger partial charge in [-0.3, -0.25) is 9.59 Å². The highest BCUT2D eigenvalue weighted by atomic mass is 16.5. The van der Waals surface area contributed by atoms with Crippen molar-refractivity contribution in [2.24, 2.45) is 0 Å². The van der Waals surface area contributed by atoms with Crippen LogP contribution in [0.4, 0.5) is 0 Å². The van der Waals surface area contributed by atoms with Crippen molar-refractivity contribution in [3.63, 3.8) is 0 Å². The maximum Gasteiger partial charge on any atom is 0.337 e. The average molecular weight is 385 g/mol. The molecule has 0 aliphatic carbocycles. The Morgan fingerprint density at radius 3 is 2.14 bits per heavy atom. The van der Waals surface area contributed by atoms with Crippen LogP contribution in [0.3, 0.4) is 0 Å². The number of benzene rings is 2. The molecule has 2 aromatic carbocycles. The Kier molecular flexibility index (Phi) is 8.02. The summed E-state index contributed by atoms with van der Waals surface area (Å²) in [5.41, 5.74) is 2.23. The molecule has 148 valence electrons. The van der Waals surface area contributed by atoms with Gasteiger partial charge >= 0.3 is 11.9 Å². The number of carbonyl (C=O) groups is 3. The van der Waals surface area contributed by atoms with E-state index in [1.54, 1.807) is 31.4 Å². The number of methoxy groups -OCH3 is 2. The molecule has 0 saturated carbocycles. The number of hydrogen-bond donors (Lipinski definition) is 1. The first-order valence-electron chi connectivity index (χ1n) is 8.74. The molecule has 0 radical (unpaired) electrons. The summed E-state index contributed by atoms with van der Waals surface area (Å²) < 4.78 is 14.7. The van der Waals surface area contributed by atoms with Crippen molar-refractivity contribution >= 4 is 17.8 Å². The molecule has 2 aromatic rings. The molecule has 0 bridgehead atoms. The molecular formula is C21H23NO6. The second-order valence-electron chi connectivity index (χ2n) is 5.97. The van der Waals surface area contributed by atoms with Crippen molar-refractivity contribution in [1.82, 2.24) is 5.32 Å². The highest BCUT2D eigenvalue weighted by Crippen LogP contribution is 2.12. The van der Waals surface area contributed by atoms with E-state index >= 15 is 0 Å². The van der Waals surface area contributed by atoms with Crippen LogP contribution in [0.25, 0.3) is 0 Å². The summed E-state index contributed by atoms with van der Waals surface area (Å²) in [7, 11) is 2.91. The van der Waals surface area contributed by atoms with Crippen LogP contribution in [-0.2, 0) is 32.0 Å². The van der Waals surface area contributed by atoms with E-state index in [2.05, 4.69) is 10.1 Å². The molecule has 0 aliphatic rings. The third-order valence-corrected chi connectivity index (χ3v) is 4.01. The van der Waals surface area contributed by atoms with E-state index < -0.39 is 17.8 Å².